The molecule has 4 rings (SSSR count). The molecule has 2 aromatic heterocycles. The van der Waals surface area contributed by atoms with E-state index >= 15 is 0 Å². The first kappa shape index (κ1) is 22.1. The minimum Gasteiger partial charge on any atom is -0.293 e. The Labute approximate surface area is 198 Å². The third-order valence-corrected chi connectivity index (χ3v) is 5.56. The Hall–Kier alpha value is -3.08. The first-order valence-electron chi connectivity index (χ1n) is 10.1. The Bertz CT molecular complexity index is 1280. The number of nitrogens with one attached hydrogen (secondary N) is 1. The Morgan fingerprint density at radius 3 is 2.56 bits per heavy atom. The number of halogens is 2. The topological polar surface area (TPSA) is 93.5 Å². The van der Waals surface area contributed by atoms with E-state index in [4.69, 9.17) is 0 Å². The van der Waals surface area contributed by atoms with Crippen LogP contribution in [0.3, 0.4) is 0 Å². The Balaban J connectivity index is 1.77. The summed E-state index contributed by atoms with van der Waals surface area (Å²) in [4.78, 5) is 25.4. The molecule has 162 valence electrons. The maximum Gasteiger partial charge on any atom is 0.249 e. The summed E-state index contributed by atoms with van der Waals surface area (Å²) in [6.07, 6.45) is 2.64. The highest BCUT2D eigenvalue weighted by atomic mass is 127. The van der Waals surface area contributed by atoms with Crippen molar-refractivity contribution in [1.82, 2.24) is 25.1 Å². The molecule has 0 saturated heterocycles. The molecular formula is C23H20FIN6O. The second-order valence-electron chi connectivity index (χ2n) is 7.40. The van der Waals surface area contributed by atoms with Gasteiger partial charge in [-0.3, -0.25) is 10.1 Å². The molecule has 1 amide bonds. The molecule has 4 aromatic rings. The molecule has 0 bridgehead atoms. The lowest BCUT2D eigenvalue weighted by Gasteiger charge is -2.11. The largest absolute Gasteiger partial charge is 0.293 e. The molecule has 0 radical (unpaired) electrons. The minimum absolute atomic E-state index is 0.111. The fourth-order valence-corrected chi connectivity index (χ4v) is 3.54. The fourth-order valence-electron chi connectivity index (χ4n) is 3.23. The summed E-state index contributed by atoms with van der Waals surface area (Å²) in [7, 11) is 0. The van der Waals surface area contributed by atoms with Crippen molar-refractivity contribution < 1.29 is 9.18 Å². The number of carbonyl (C=O) groups is 1. The Morgan fingerprint density at radius 1 is 1.06 bits per heavy atom. The molecular weight excluding hydrogens is 522 g/mol. The quantitative estimate of drug-likeness (QED) is 0.268. The van der Waals surface area contributed by atoms with Gasteiger partial charge in [-0.15, -0.1) is 10.2 Å². The molecule has 9 heteroatoms. The molecule has 1 N–H and O–H groups in total. The van der Waals surface area contributed by atoms with Crippen molar-refractivity contribution >= 4 is 45.3 Å². The second kappa shape index (κ2) is 9.60. The third-order valence-electron chi connectivity index (χ3n) is 4.93. The molecule has 1 atom stereocenters. The number of hydrogen-bond acceptors (Lipinski definition) is 6. The van der Waals surface area contributed by atoms with E-state index in [1.807, 2.05) is 32.0 Å². The normalized spacial score (nSPS) is 12.0. The summed E-state index contributed by atoms with van der Waals surface area (Å²) < 4.78 is 13.9. The predicted octanol–water partition coefficient (Wildman–Crippen LogP) is 5.14. The molecule has 0 aliphatic rings. The first-order valence-corrected chi connectivity index (χ1v) is 11.3. The van der Waals surface area contributed by atoms with E-state index in [0.717, 1.165) is 28.6 Å². The molecule has 2 heterocycles. The highest BCUT2D eigenvalue weighted by Crippen LogP contribution is 2.31. The van der Waals surface area contributed by atoms with Gasteiger partial charge < -0.3 is 0 Å². The summed E-state index contributed by atoms with van der Waals surface area (Å²) in [5.41, 5.74) is 4.10. The van der Waals surface area contributed by atoms with E-state index in [9.17, 15) is 9.18 Å². The van der Waals surface area contributed by atoms with Gasteiger partial charge in [-0.1, -0.05) is 35.6 Å². The van der Waals surface area contributed by atoms with E-state index in [2.05, 4.69) is 53.1 Å². The highest BCUT2D eigenvalue weighted by Gasteiger charge is 2.16. The van der Waals surface area contributed by atoms with Crippen LogP contribution in [0, 0.1) is 12.7 Å². The lowest BCUT2D eigenvalue weighted by Crippen LogP contribution is -2.16. The number of carbonyl (C=O) groups excluding carboxylic acids is 1. The fraction of sp³-hybridized carbons (Fsp3) is 0.217. The maximum absolute atomic E-state index is 13.5. The number of anilines is 1. The van der Waals surface area contributed by atoms with Crippen LogP contribution < -0.4 is 5.32 Å². The van der Waals surface area contributed by atoms with Gasteiger partial charge in [0.05, 0.1) is 5.52 Å². The van der Waals surface area contributed by atoms with Gasteiger partial charge >= 0.3 is 0 Å². The van der Waals surface area contributed by atoms with Crippen LogP contribution in [-0.4, -0.2) is 35.0 Å². The molecule has 0 fully saturated rings. The van der Waals surface area contributed by atoms with Crippen LogP contribution in [0.1, 0.15) is 25.5 Å². The van der Waals surface area contributed by atoms with Gasteiger partial charge in [-0.05, 0) is 49.7 Å². The molecule has 0 aliphatic heterocycles. The van der Waals surface area contributed by atoms with Crippen LogP contribution in [0.25, 0.3) is 33.4 Å². The van der Waals surface area contributed by atoms with Gasteiger partial charge in [0.1, 0.15) is 23.5 Å². The summed E-state index contributed by atoms with van der Waals surface area (Å²) in [6, 6.07) is 11.7. The van der Waals surface area contributed by atoms with E-state index in [-0.39, 0.29) is 17.7 Å². The van der Waals surface area contributed by atoms with Crippen molar-refractivity contribution in [2.45, 2.75) is 30.6 Å². The lowest BCUT2D eigenvalue weighted by molar-refractivity contribution is -0.116. The average Bonchev–Trinajstić information content (AvgIpc) is 2.78. The minimum atomic E-state index is -0.350. The van der Waals surface area contributed by atoms with E-state index in [1.165, 1.54) is 18.5 Å². The van der Waals surface area contributed by atoms with Gasteiger partial charge in [0.15, 0.2) is 0 Å². The Kier molecular flexibility index (Phi) is 6.63. The zero-order chi connectivity index (χ0) is 22.7. The first-order chi connectivity index (χ1) is 15.4. The molecule has 1 unspecified atom stereocenters. The number of alkyl halides is 1. The van der Waals surface area contributed by atoms with Gasteiger partial charge in [-0.2, -0.15) is 0 Å². The highest BCUT2D eigenvalue weighted by molar-refractivity contribution is 14.1. The molecule has 0 aliphatic carbocycles. The SMILES string of the molecule is Cc1ncnc2ccc(-c3nnc(NC(=O)CCC(C)I)nc3-c3ccc(F)cc3)cc12. The van der Waals surface area contributed by atoms with E-state index in [0.29, 0.717) is 27.3 Å². The van der Waals surface area contributed by atoms with Crippen molar-refractivity contribution in [2.24, 2.45) is 0 Å². The zero-order valence-corrected chi connectivity index (χ0v) is 19.7. The number of nitrogens with zero attached hydrogens (tertiary/aromatic N) is 5. The van der Waals surface area contributed by atoms with Crippen LogP contribution in [0.2, 0.25) is 0 Å². The number of amides is 1. The number of hydrogen-bond donors (Lipinski definition) is 1. The average molecular weight is 542 g/mol. The van der Waals surface area contributed by atoms with Crippen LogP contribution in [0.4, 0.5) is 10.3 Å². The summed E-state index contributed by atoms with van der Waals surface area (Å²) in [6.45, 7) is 3.96. The monoisotopic (exact) mass is 542 g/mol. The van der Waals surface area contributed by atoms with E-state index < -0.39 is 0 Å². The molecule has 0 spiro atoms. The van der Waals surface area contributed by atoms with E-state index in [1.54, 1.807) is 12.1 Å². The van der Waals surface area contributed by atoms with Crippen molar-refractivity contribution in [2.75, 3.05) is 5.32 Å². The van der Waals surface area contributed by atoms with Gasteiger partial charge in [-0.25, -0.2) is 19.3 Å². The standard InChI is InChI=1S/C23H20FIN6O/c1-13(25)3-10-20(32)28-23-29-21(15-4-7-17(24)8-5-15)22(30-31-23)16-6-9-19-18(11-16)14(2)26-12-27-19/h4-9,11-13H,3,10H2,1-2H3,(H,28,29,31,32). The predicted molar refractivity (Wildman–Crippen MR) is 130 cm³/mol. The number of benzene rings is 2. The Morgan fingerprint density at radius 2 is 1.81 bits per heavy atom. The second-order valence-corrected chi connectivity index (χ2v) is 9.52. The van der Waals surface area contributed by atoms with Gasteiger partial charge in [0.2, 0.25) is 11.9 Å². The maximum atomic E-state index is 13.5. The summed E-state index contributed by atoms with van der Waals surface area (Å²) in [5, 5.41) is 12.1. The summed E-state index contributed by atoms with van der Waals surface area (Å²) >= 11 is 2.28. The summed E-state index contributed by atoms with van der Waals surface area (Å²) in [5.74, 6) is -0.414. The number of rotatable bonds is 6. The zero-order valence-electron chi connectivity index (χ0n) is 17.5. The van der Waals surface area contributed by atoms with Gasteiger partial charge in [0.25, 0.3) is 0 Å². The van der Waals surface area contributed by atoms with Crippen LogP contribution in [0.15, 0.2) is 48.8 Å². The lowest BCUT2D eigenvalue weighted by atomic mass is 10.0. The number of aromatic nitrogens is 5. The van der Waals surface area contributed by atoms with Crippen molar-refractivity contribution in [3.05, 3.63) is 60.3 Å². The van der Waals surface area contributed by atoms with Crippen LogP contribution in [0.5, 0.6) is 0 Å². The van der Waals surface area contributed by atoms with Crippen molar-refractivity contribution in [1.29, 1.82) is 0 Å². The molecule has 32 heavy (non-hydrogen) atoms. The molecule has 7 nitrogen and oxygen atoms in total. The van der Waals surface area contributed by atoms with Crippen molar-refractivity contribution in [3.63, 3.8) is 0 Å². The molecule has 0 saturated carbocycles. The van der Waals surface area contributed by atoms with Crippen LogP contribution in [-0.2, 0) is 4.79 Å². The third kappa shape index (κ3) is 5.04. The van der Waals surface area contributed by atoms with Crippen LogP contribution >= 0.6 is 22.6 Å². The molecule has 2 aromatic carbocycles. The smallest absolute Gasteiger partial charge is 0.249 e. The van der Waals surface area contributed by atoms with Gasteiger partial charge in [0, 0.05) is 32.6 Å². The number of aryl methyl sites for hydroxylation is 1. The van der Waals surface area contributed by atoms with Crippen molar-refractivity contribution in [3.8, 4) is 22.5 Å². The number of fused-ring (bicyclic) bond motifs is 1.